The van der Waals surface area contributed by atoms with Gasteiger partial charge in [-0.2, -0.15) is 0 Å². The molecule has 2 aliphatic carbocycles. The Morgan fingerprint density at radius 2 is 2.07 bits per heavy atom. The maximum absolute atomic E-state index is 12.2. The summed E-state index contributed by atoms with van der Waals surface area (Å²) in [5, 5.41) is 7.57. The molecule has 4 heteroatoms. The van der Waals surface area contributed by atoms with Crippen molar-refractivity contribution in [3.8, 4) is 0 Å². The molecule has 2 atom stereocenters. The van der Waals surface area contributed by atoms with Crippen molar-refractivity contribution >= 4 is 5.78 Å². The van der Waals surface area contributed by atoms with Gasteiger partial charge in [-0.15, -0.1) is 5.10 Å². The van der Waals surface area contributed by atoms with Crippen LogP contribution < -0.4 is 0 Å². The maximum Gasteiger partial charge on any atom is 0.186 e. The van der Waals surface area contributed by atoms with Crippen molar-refractivity contribution in [3.05, 3.63) is 11.9 Å². The summed E-state index contributed by atoms with van der Waals surface area (Å²) in [6.07, 6.45) is 6.68. The van der Waals surface area contributed by atoms with E-state index in [9.17, 15) is 4.79 Å². The number of fused-ring (bicyclic) bond motifs is 1. The van der Waals surface area contributed by atoms with Gasteiger partial charge in [0.25, 0.3) is 0 Å². The minimum absolute atomic E-state index is 0.263. The predicted octanol–water partition coefficient (Wildman–Crippen LogP) is 1.43. The van der Waals surface area contributed by atoms with E-state index in [0.29, 0.717) is 17.5 Å². The molecule has 2 aliphatic rings. The topological polar surface area (TPSA) is 47.8 Å². The van der Waals surface area contributed by atoms with E-state index < -0.39 is 0 Å². The molecule has 15 heavy (non-hydrogen) atoms. The van der Waals surface area contributed by atoms with Gasteiger partial charge in [-0.1, -0.05) is 18.1 Å². The molecule has 3 rings (SSSR count). The number of ketones is 1. The lowest BCUT2D eigenvalue weighted by Crippen LogP contribution is -2.10. The van der Waals surface area contributed by atoms with E-state index >= 15 is 0 Å². The van der Waals surface area contributed by atoms with Gasteiger partial charge in [0.2, 0.25) is 0 Å². The van der Waals surface area contributed by atoms with Gasteiger partial charge in [0, 0.05) is 13.0 Å². The molecule has 1 aromatic heterocycles. The summed E-state index contributed by atoms with van der Waals surface area (Å²) in [5.41, 5.74) is 0.675. The Hall–Kier alpha value is -1.19. The quantitative estimate of drug-likeness (QED) is 0.686. The first-order valence-corrected chi connectivity index (χ1v) is 5.68. The fourth-order valence-electron chi connectivity index (χ4n) is 3.06. The lowest BCUT2D eigenvalue weighted by atomic mass is 10.0. The summed E-state index contributed by atoms with van der Waals surface area (Å²) in [6, 6.07) is 0. The average molecular weight is 205 g/mol. The monoisotopic (exact) mass is 205 g/mol. The highest BCUT2D eigenvalue weighted by Crippen LogP contribution is 2.56. The van der Waals surface area contributed by atoms with E-state index in [2.05, 4.69) is 10.3 Å². The van der Waals surface area contributed by atoms with Crippen molar-refractivity contribution in [3.63, 3.8) is 0 Å². The molecular formula is C11H15N3O. The molecule has 4 nitrogen and oxygen atoms in total. The summed E-state index contributed by atoms with van der Waals surface area (Å²) < 4.78 is 1.59. The van der Waals surface area contributed by atoms with Crippen LogP contribution in [-0.4, -0.2) is 20.8 Å². The van der Waals surface area contributed by atoms with E-state index in [1.807, 2.05) is 0 Å². The number of nitrogens with zero attached hydrogens (tertiary/aromatic N) is 3. The number of aryl methyl sites for hydroxylation is 1. The first kappa shape index (κ1) is 9.07. The van der Waals surface area contributed by atoms with Crippen LogP contribution in [0.2, 0.25) is 0 Å². The van der Waals surface area contributed by atoms with E-state index in [0.717, 1.165) is 0 Å². The lowest BCUT2D eigenvalue weighted by Gasteiger charge is -2.04. The number of Topliss-reactive ketones (excluding diaryl/α,β-unsaturated/α-hetero) is 1. The third kappa shape index (κ3) is 1.31. The van der Waals surface area contributed by atoms with Crippen LogP contribution in [0.5, 0.6) is 0 Å². The summed E-state index contributed by atoms with van der Waals surface area (Å²) in [6.45, 7) is 0. The second kappa shape index (κ2) is 3.15. The van der Waals surface area contributed by atoms with Crippen molar-refractivity contribution in [2.75, 3.05) is 0 Å². The Kier molecular flexibility index (Phi) is 1.90. The molecule has 0 saturated heterocycles. The van der Waals surface area contributed by atoms with Gasteiger partial charge in [-0.25, -0.2) is 4.68 Å². The zero-order valence-electron chi connectivity index (χ0n) is 8.89. The smallest absolute Gasteiger partial charge is 0.186 e. The SMILES string of the molecule is Cn1nncc1C(=O)C1C2CCCCC21. The molecule has 0 radical (unpaired) electrons. The van der Waals surface area contributed by atoms with Crippen LogP contribution in [0.25, 0.3) is 0 Å². The number of hydrogen-bond donors (Lipinski definition) is 0. The molecule has 2 unspecified atom stereocenters. The molecule has 2 saturated carbocycles. The van der Waals surface area contributed by atoms with Gasteiger partial charge in [0.15, 0.2) is 5.78 Å². The fourth-order valence-corrected chi connectivity index (χ4v) is 3.06. The van der Waals surface area contributed by atoms with E-state index in [4.69, 9.17) is 0 Å². The molecule has 0 spiro atoms. The molecule has 0 bridgehead atoms. The third-order valence-corrected chi connectivity index (χ3v) is 3.93. The Bertz CT molecular complexity index is 386. The normalized spacial score (nSPS) is 33.5. The van der Waals surface area contributed by atoms with Crippen LogP contribution in [0.1, 0.15) is 36.2 Å². The fraction of sp³-hybridized carbons (Fsp3) is 0.727. The van der Waals surface area contributed by atoms with Crippen molar-refractivity contribution < 1.29 is 4.79 Å². The van der Waals surface area contributed by atoms with E-state index in [-0.39, 0.29) is 11.7 Å². The zero-order valence-corrected chi connectivity index (χ0v) is 8.89. The number of carbonyl (C=O) groups excluding carboxylic acids is 1. The van der Waals surface area contributed by atoms with Crippen LogP contribution in [0, 0.1) is 17.8 Å². The summed E-state index contributed by atoms with van der Waals surface area (Å²) in [7, 11) is 1.78. The van der Waals surface area contributed by atoms with Gasteiger partial charge >= 0.3 is 0 Å². The Morgan fingerprint density at radius 1 is 1.40 bits per heavy atom. The van der Waals surface area contributed by atoms with Gasteiger partial charge in [0.05, 0.1) is 6.20 Å². The number of aromatic nitrogens is 3. The third-order valence-electron chi connectivity index (χ3n) is 3.93. The van der Waals surface area contributed by atoms with Gasteiger partial charge in [0.1, 0.15) is 5.69 Å². The number of carbonyl (C=O) groups is 1. The first-order chi connectivity index (χ1) is 7.29. The van der Waals surface area contributed by atoms with Gasteiger partial charge < -0.3 is 0 Å². The van der Waals surface area contributed by atoms with Crippen LogP contribution in [-0.2, 0) is 7.05 Å². The second-order valence-electron chi connectivity index (χ2n) is 4.75. The highest BCUT2D eigenvalue weighted by Gasteiger charge is 2.55. The Labute approximate surface area is 88.7 Å². The predicted molar refractivity (Wildman–Crippen MR) is 54.3 cm³/mol. The summed E-state index contributed by atoms with van der Waals surface area (Å²) in [5.74, 6) is 1.88. The van der Waals surface area contributed by atoms with Crippen LogP contribution in [0.4, 0.5) is 0 Å². The summed E-state index contributed by atoms with van der Waals surface area (Å²) in [4.78, 5) is 12.2. The molecule has 0 amide bonds. The van der Waals surface area contributed by atoms with Crippen molar-refractivity contribution in [1.29, 1.82) is 0 Å². The largest absolute Gasteiger partial charge is 0.292 e. The van der Waals surface area contributed by atoms with E-state index in [1.54, 1.807) is 17.9 Å². The van der Waals surface area contributed by atoms with Crippen molar-refractivity contribution in [1.82, 2.24) is 15.0 Å². The van der Waals surface area contributed by atoms with E-state index in [1.165, 1.54) is 25.7 Å². The van der Waals surface area contributed by atoms with Crippen LogP contribution in [0.15, 0.2) is 6.20 Å². The molecule has 0 aromatic carbocycles. The molecule has 0 N–H and O–H groups in total. The lowest BCUT2D eigenvalue weighted by molar-refractivity contribution is 0.0947. The first-order valence-electron chi connectivity index (χ1n) is 5.68. The Balaban J connectivity index is 1.79. The highest BCUT2D eigenvalue weighted by atomic mass is 16.1. The molecule has 2 fully saturated rings. The van der Waals surface area contributed by atoms with Crippen LogP contribution >= 0.6 is 0 Å². The molecule has 1 heterocycles. The van der Waals surface area contributed by atoms with Crippen molar-refractivity contribution in [2.24, 2.45) is 24.8 Å². The molecular weight excluding hydrogens is 190 g/mol. The van der Waals surface area contributed by atoms with Crippen LogP contribution in [0.3, 0.4) is 0 Å². The minimum atomic E-state index is 0.263. The van der Waals surface area contributed by atoms with Gasteiger partial charge in [-0.05, 0) is 24.7 Å². The standard InChI is InChI=1S/C11H15N3O/c1-14-9(6-12-13-14)11(15)10-7-4-2-3-5-8(7)10/h6-8,10H,2-5H2,1H3. The molecule has 0 aliphatic heterocycles. The van der Waals surface area contributed by atoms with Gasteiger partial charge in [-0.3, -0.25) is 4.79 Å². The Morgan fingerprint density at radius 3 is 2.60 bits per heavy atom. The molecule has 1 aromatic rings. The maximum atomic E-state index is 12.2. The average Bonchev–Trinajstić information content (AvgIpc) is 2.83. The molecule has 80 valence electrons. The van der Waals surface area contributed by atoms with Crippen molar-refractivity contribution in [2.45, 2.75) is 25.7 Å². The zero-order chi connectivity index (χ0) is 10.4. The summed E-state index contributed by atoms with van der Waals surface area (Å²) >= 11 is 0. The minimum Gasteiger partial charge on any atom is -0.292 e. The second-order valence-corrected chi connectivity index (χ2v) is 4.75. The number of hydrogen-bond acceptors (Lipinski definition) is 3. The number of rotatable bonds is 2. The highest BCUT2D eigenvalue weighted by molar-refractivity contribution is 5.98.